The SMILES string of the molecule is Cn1ncc2c(=O)n(Cc3ccc(C(=O)Nc4ccccc4)cc3)nnc21. The first-order valence-electron chi connectivity index (χ1n) is 8.32. The number of aromatic nitrogens is 5. The van der Waals surface area contributed by atoms with Crippen molar-refractivity contribution in [2.75, 3.05) is 5.32 Å². The van der Waals surface area contributed by atoms with Crippen LogP contribution in [-0.4, -0.2) is 30.7 Å². The number of nitrogens with one attached hydrogen (secondary N) is 1. The average molecular weight is 360 g/mol. The van der Waals surface area contributed by atoms with E-state index in [1.54, 1.807) is 31.3 Å². The van der Waals surface area contributed by atoms with Crippen LogP contribution < -0.4 is 10.9 Å². The van der Waals surface area contributed by atoms with Gasteiger partial charge in [-0.05, 0) is 29.8 Å². The molecule has 0 atom stereocenters. The summed E-state index contributed by atoms with van der Waals surface area (Å²) < 4.78 is 2.79. The summed E-state index contributed by atoms with van der Waals surface area (Å²) in [6.07, 6.45) is 1.49. The van der Waals surface area contributed by atoms with E-state index in [1.165, 1.54) is 15.6 Å². The minimum atomic E-state index is -0.251. The molecule has 0 fully saturated rings. The number of hydrogen-bond donors (Lipinski definition) is 1. The highest BCUT2D eigenvalue weighted by molar-refractivity contribution is 6.04. The summed E-state index contributed by atoms with van der Waals surface area (Å²) in [4.78, 5) is 24.8. The van der Waals surface area contributed by atoms with Crippen molar-refractivity contribution in [1.29, 1.82) is 0 Å². The van der Waals surface area contributed by atoms with Crippen LogP contribution >= 0.6 is 0 Å². The van der Waals surface area contributed by atoms with Crippen LogP contribution in [0.4, 0.5) is 5.69 Å². The number of nitrogens with zero attached hydrogens (tertiary/aromatic N) is 5. The molecule has 4 aromatic rings. The average Bonchev–Trinajstić information content (AvgIpc) is 3.07. The van der Waals surface area contributed by atoms with E-state index < -0.39 is 0 Å². The van der Waals surface area contributed by atoms with E-state index in [4.69, 9.17) is 0 Å². The zero-order valence-electron chi connectivity index (χ0n) is 14.5. The Kier molecular flexibility index (Phi) is 4.21. The van der Waals surface area contributed by atoms with E-state index in [-0.39, 0.29) is 18.0 Å². The Bertz CT molecular complexity index is 1160. The third-order valence-electron chi connectivity index (χ3n) is 4.20. The number of para-hydroxylation sites is 1. The van der Waals surface area contributed by atoms with Crippen molar-refractivity contribution in [2.45, 2.75) is 6.54 Å². The first-order valence-corrected chi connectivity index (χ1v) is 8.32. The summed E-state index contributed by atoms with van der Waals surface area (Å²) >= 11 is 0. The fourth-order valence-electron chi connectivity index (χ4n) is 2.74. The molecule has 2 aromatic heterocycles. The lowest BCUT2D eigenvalue weighted by atomic mass is 10.1. The molecule has 8 heteroatoms. The molecule has 2 aromatic carbocycles. The van der Waals surface area contributed by atoms with Crippen LogP contribution in [0.3, 0.4) is 0 Å². The van der Waals surface area contributed by atoms with E-state index in [1.807, 2.05) is 30.3 Å². The third kappa shape index (κ3) is 3.32. The molecule has 0 aliphatic carbocycles. The Morgan fingerprint density at radius 2 is 1.81 bits per heavy atom. The highest BCUT2D eigenvalue weighted by atomic mass is 16.1. The van der Waals surface area contributed by atoms with Crippen LogP contribution in [0.1, 0.15) is 15.9 Å². The maximum atomic E-state index is 12.5. The summed E-state index contributed by atoms with van der Waals surface area (Å²) in [5, 5.41) is 15.3. The van der Waals surface area contributed by atoms with Crippen LogP contribution in [0.25, 0.3) is 11.0 Å². The number of aryl methyl sites for hydroxylation is 1. The molecule has 0 radical (unpaired) electrons. The monoisotopic (exact) mass is 360 g/mol. The number of benzene rings is 2. The highest BCUT2D eigenvalue weighted by Crippen LogP contribution is 2.11. The zero-order chi connectivity index (χ0) is 18.8. The zero-order valence-corrected chi connectivity index (χ0v) is 14.5. The number of amides is 1. The number of carbonyl (C=O) groups is 1. The summed E-state index contributed by atoms with van der Waals surface area (Å²) in [6.45, 7) is 0.261. The summed E-state index contributed by atoms with van der Waals surface area (Å²) in [5.41, 5.74) is 2.30. The Balaban J connectivity index is 1.52. The highest BCUT2D eigenvalue weighted by Gasteiger charge is 2.10. The molecule has 1 N–H and O–H groups in total. The molecule has 0 spiro atoms. The number of rotatable bonds is 4. The van der Waals surface area contributed by atoms with Gasteiger partial charge in [0.2, 0.25) is 0 Å². The second-order valence-electron chi connectivity index (χ2n) is 6.07. The molecular formula is C19H16N6O2. The molecule has 0 saturated carbocycles. The van der Waals surface area contributed by atoms with Crippen molar-refractivity contribution >= 4 is 22.6 Å². The minimum absolute atomic E-state index is 0.193. The Morgan fingerprint density at radius 3 is 2.56 bits per heavy atom. The molecule has 0 saturated heterocycles. The second kappa shape index (κ2) is 6.83. The third-order valence-corrected chi connectivity index (χ3v) is 4.20. The van der Waals surface area contributed by atoms with Gasteiger partial charge in [-0.3, -0.25) is 9.59 Å². The van der Waals surface area contributed by atoms with Crippen molar-refractivity contribution in [1.82, 2.24) is 24.8 Å². The number of anilines is 1. The van der Waals surface area contributed by atoms with Crippen molar-refractivity contribution in [3.63, 3.8) is 0 Å². The first kappa shape index (κ1) is 16.6. The van der Waals surface area contributed by atoms with Gasteiger partial charge in [0.05, 0.1) is 12.7 Å². The van der Waals surface area contributed by atoms with Crippen molar-refractivity contribution in [2.24, 2.45) is 7.05 Å². The lowest BCUT2D eigenvalue weighted by Crippen LogP contribution is -2.24. The lowest BCUT2D eigenvalue weighted by Gasteiger charge is -2.07. The lowest BCUT2D eigenvalue weighted by molar-refractivity contribution is 0.102. The van der Waals surface area contributed by atoms with Gasteiger partial charge in [0.1, 0.15) is 5.39 Å². The molecule has 8 nitrogen and oxygen atoms in total. The number of fused-ring (bicyclic) bond motifs is 1. The van der Waals surface area contributed by atoms with Gasteiger partial charge in [-0.1, -0.05) is 35.5 Å². The van der Waals surface area contributed by atoms with Gasteiger partial charge < -0.3 is 5.32 Å². The van der Waals surface area contributed by atoms with Crippen molar-refractivity contribution < 1.29 is 4.79 Å². The minimum Gasteiger partial charge on any atom is -0.322 e. The Morgan fingerprint density at radius 1 is 1.07 bits per heavy atom. The molecule has 4 rings (SSSR count). The second-order valence-corrected chi connectivity index (χ2v) is 6.07. The largest absolute Gasteiger partial charge is 0.322 e. The Hall–Kier alpha value is -3.81. The first-order chi connectivity index (χ1) is 13.1. The number of hydrogen-bond acceptors (Lipinski definition) is 5. The standard InChI is InChI=1S/C19H16N6O2/c1-24-17-16(11-20-24)19(27)25(23-22-17)12-13-7-9-14(10-8-13)18(26)21-15-5-3-2-4-6-15/h2-11H,12H2,1H3,(H,21,26). The van der Waals surface area contributed by atoms with Gasteiger partial charge in [0.25, 0.3) is 11.5 Å². The number of carbonyl (C=O) groups excluding carboxylic acids is 1. The summed E-state index contributed by atoms with van der Waals surface area (Å²) in [5.74, 6) is -0.193. The van der Waals surface area contributed by atoms with E-state index >= 15 is 0 Å². The van der Waals surface area contributed by atoms with Crippen LogP contribution in [0.2, 0.25) is 0 Å². The van der Waals surface area contributed by atoms with Crippen LogP contribution in [0.15, 0.2) is 65.6 Å². The van der Waals surface area contributed by atoms with Crippen molar-refractivity contribution in [3.8, 4) is 0 Å². The molecule has 134 valence electrons. The maximum absolute atomic E-state index is 12.5. The maximum Gasteiger partial charge on any atom is 0.281 e. The molecule has 0 unspecified atom stereocenters. The van der Waals surface area contributed by atoms with Crippen molar-refractivity contribution in [3.05, 3.63) is 82.3 Å². The van der Waals surface area contributed by atoms with E-state index in [2.05, 4.69) is 20.7 Å². The molecule has 0 aliphatic rings. The quantitative estimate of drug-likeness (QED) is 0.599. The fraction of sp³-hybridized carbons (Fsp3) is 0.105. The summed E-state index contributed by atoms with van der Waals surface area (Å²) in [7, 11) is 1.71. The van der Waals surface area contributed by atoms with Gasteiger partial charge in [0, 0.05) is 18.3 Å². The molecule has 0 bridgehead atoms. The van der Waals surface area contributed by atoms with Gasteiger partial charge >= 0.3 is 0 Å². The topological polar surface area (TPSA) is 94.7 Å². The van der Waals surface area contributed by atoms with Gasteiger partial charge in [-0.2, -0.15) is 5.10 Å². The molecule has 0 aliphatic heterocycles. The van der Waals surface area contributed by atoms with Gasteiger partial charge in [-0.15, -0.1) is 5.10 Å². The summed E-state index contributed by atoms with van der Waals surface area (Å²) in [6, 6.07) is 16.3. The predicted octanol–water partition coefficient (Wildman–Crippen LogP) is 1.83. The normalized spacial score (nSPS) is 10.9. The Labute approximate surface area is 154 Å². The van der Waals surface area contributed by atoms with Crippen LogP contribution in [0.5, 0.6) is 0 Å². The van der Waals surface area contributed by atoms with E-state index in [0.29, 0.717) is 16.6 Å². The molecule has 1 amide bonds. The van der Waals surface area contributed by atoms with E-state index in [0.717, 1.165) is 11.3 Å². The molecule has 2 heterocycles. The molecule has 27 heavy (non-hydrogen) atoms. The predicted molar refractivity (Wildman–Crippen MR) is 101 cm³/mol. The molecular weight excluding hydrogens is 344 g/mol. The fourth-order valence-corrected chi connectivity index (χ4v) is 2.74. The van der Waals surface area contributed by atoms with E-state index in [9.17, 15) is 9.59 Å². The van der Waals surface area contributed by atoms with Gasteiger partial charge in [-0.25, -0.2) is 9.36 Å². The van der Waals surface area contributed by atoms with Crippen LogP contribution in [-0.2, 0) is 13.6 Å². The van der Waals surface area contributed by atoms with Crippen LogP contribution in [0, 0.1) is 0 Å². The van der Waals surface area contributed by atoms with Gasteiger partial charge in [0.15, 0.2) is 5.65 Å². The smallest absolute Gasteiger partial charge is 0.281 e.